The molecule has 2 fully saturated rings. The van der Waals surface area contributed by atoms with Gasteiger partial charge in [-0.3, -0.25) is 0 Å². The predicted octanol–water partition coefficient (Wildman–Crippen LogP) is 2.11. The van der Waals surface area contributed by atoms with Crippen LogP contribution in [0.3, 0.4) is 0 Å². The fourth-order valence-electron chi connectivity index (χ4n) is 2.76. The number of hydrogen-bond acceptors (Lipinski definition) is 4. The van der Waals surface area contributed by atoms with Crippen molar-refractivity contribution in [2.24, 2.45) is 0 Å². The van der Waals surface area contributed by atoms with E-state index >= 15 is 0 Å². The summed E-state index contributed by atoms with van der Waals surface area (Å²) in [5.41, 5.74) is 0. The summed E-state index contributed by atoms with van der Waals surface area (Å²) in [7, 11) is 0. The monoisotopic (exact) mass is 244 g/mol. The Labute approximate surface area is 104 Å². The first-order valence-corrected chi connectivity index (χ1v) is 6.53. The van der Waals surface area contributed by atoms with Crippen molar-refractivity contribution in [3.63, 3.8) is 0 Å². The molecule has 17 heavy (non-hydrogen) atoms. The Morgan fingerprint density at radius 2 is 1.71 bits per heavy atom. The topological polar surface area (TPSA) is 36.9 Å². The van der Waals surface area contributed by atoms with E-state index in [0.717, 1.165) is 0 Å². The molecule has 4 heteroatoms. The first-order valence-electron chi connectivity index (χ1n) is 6.53. The van der Waals surface area contributed by atoms with Gasteiger partial charge in [-0.05, 0) is 41.5 Å². The first kappa shape index (κ1) is 13.3. The van der Waals surface area contributed by atoms with E-state index in [1.165, 1.54) is 0 Å². The Kier molecular flexibility index (Phi) is 3.51. The first-order chi connectivity index (χ1) is 7.86. The average Bonchev–Trinajstić information content (AvgIpc) is 2.53. The second-order valence-electron chi connectivity index (χ2n) is 5.56. The van der Waals surface area contributed by atoms with Crippen molar-refractivity contribution in [2.45, 2.75) is 84.0 Å². The van der Waals surface area contributed by atoms with E-state index in [0.29, 0.717) is 0 Å². The summed E-state index contributed by atoms with van der Waals surface area (Å²) < 4.78 is 23.9. The maximum Gasteiger partial charge on any atom is 0.225 e. The smallest absolute Gasteiger partial charge is 0.225 e. The third kappa shape index (κ3) is 2.12. The normalized spacial score (nSPS) is 45.2. The van der Waals surface area contributed by atoms with Crippen molar-refractivity contribution in [2.75, 3.05) is 0 Å². The highest BCUT2D eigenvalue weighted by molar-refractivity contribution is 5.07. The van der Waals surface area contributed by atoms with Gasteiger partial charge in [-0.2, -0.15) is 0 Å². The lowest BCUT2D eigenvalue weighted by Gasteiger charge is -2.37. The van der Waals surface area contributed by atoms with E-state index in [1.54, 1.807) is 0 Å². The molecule has 5 atom stereocenters. The van der Waals surface area contributed by atoms with Crippen LogP contribution >= 0.6 is 0 Å². The molecule has 2 bridgehead atoms. The van der Waals surface area contributed by atoms with Crippen LogP contribution in [-0.2, 0) is 18.9 Å². The fourth-order valence-corrected chi connectivity index (χ4v) is 2.76. The average molecular weight is 244 g/mol. The van der Waals surface area contributed by atoms with Gasteiger partial charge in [0, 0.05) is 0 Å². The molecule has 0 saturated carbocycles. The molecule has 2 aliphatic rings. The van der Waals surface area contributed by atoms with Crippen molar-refractivity contribution in [1.29, 1.82) is 0 Å². The maximum absolute atomic E-state index is 6.01. The van der Waals surface area contributed by atoms with Gasteiger partial charge in [0.25, 0.3) is 0 Å². The minimum Gasteiger partial charge on any atom is -0.367 e. The summed E-state index contributed by atoms with van der Waals surface area (Å²) in [5.74, 6) is -0.734. The molecule has 0 radical (unpaired) electrons. The molecule has 2 heterocycles. The van der Waals surface area contributed by atoms with Gasteiger partial charge in [0.2, 0.25) is 5.79 Å². The van der Waals surface area contributed by atoms with Crippen LogP contribution in [0.15, 0.2) is 0 Å². The van der Waals surface area contributed by atoms with Crippen molar-refractivity contribution in [3.8, 4) is 0 Å². The highest BCUT2D eigenvalue weighted by Gasteiger charge is 2.66. The molecule has 2 rings (SSSR count). The van der Waals surface area contributed by atoms with Crippen LogP contribution in [0, 0.1) is 0 Å². The van der Waals surface area contributed by atoms with Gasteiger partial charge in [0.05, 0.1) is 18.3 Å². The molecular weight excluding hydrogens is 220 g/mol. The molecule has 4 nitrogen and oxygen atoms in total. The van der Waals surface area contributed by atoms with Gasteiger partial charge in [0.15, 0.2) is 0 Å². The Morgan fingerprint density at radius 3 is 2.24 bits per heavy atom. The second kappa shape index (κ2) is 4.50. The van der Waals surface area contributed by atoms with Crippen molar-refractivity contribution in [3.05, 3.63) is 0 Å². The summed E-state index contributed by atoms with van der Waals surface area (Å²) in [6, 6.07) is 0. The lowest BCUT2D eigenvalue weighted by Crippen LogP contribution is -2.51. The minimum absolute atomic E-state index is 0.0219. The largest absolute Gasteiger partial charge is 0.367 e. The number of hydrogen-bond donors (Lipinski definition) is 0. The van der Waals surface area contributed by atoms with Gasteiger partial charge in [-0.25, -0.2) is 0 Å². The Bertz CT molecular complexity index is 279. The summed E-state index contributed by atoms with van der Waals surface area (Å²) in [6.45, 7) is 12.1. The van der Waals surface area contributed by atoms with Crippen LogP contribution in [0.1, 0.15) is 41.5 Å². The zero-order chi connectivity index (χ0) is 12.8. The van der Waals surface area contributed by atoms with Crippen LogP contribution in [-0.4, -0.2) is 42.4 Å². The van der Waals surface area contributed by atoms with Gasteiger partial charge >= 0.3 is 0 Å². The van der Waals surface area contributed by atoms with Gasteiger partial charge in [-0.15, -0.1) is 0 Å². The highest BCUT2D eigenvalue weighted by atomic mass is 16.8. The zero-order valence-electron chi connectivity index (χ0n) is 11.6. The molecule has 0 N–H and O–H groups in total. The lowest BCUT2D eigenvalue weighted by atomic mass is 10.0. The molecule has 100 valence electrons. The summed E-state index contributed by atoms with van der Waals surface area (Å²) in [6.07, 6.45) is 0.00778. The molecule has 0 aromatic rings. The predicted molar refractivity (Wildman–Crippen MR) is 63.8 cm³/mol. The lowest BCUT2D eigenvalue weighted by molar-refractivity contribution is -0.315. The molecule has 2 saturated heterocycles. The standard InChI is InChI=1S/C13H24O4/c1-7(2)14-12-11-9(5)17-13(12,10(6)15-11)16-8(3)4/h7-12H,1-6H3/t9-,10?,11-,12-,13-/m0/s1. The summed E-state index contributed by atoms with van der Waals surface area (Å²) >= 11 is 0. The van der Waals surface area contributed by atoms with Crippen LogP contribution in [0.5, 0.6) is 0 Å². The van der Waals surface area contributed by atoms with E-state index < -0.39 is 5.79 Å². The van der Waals surface area contributed by atoms with E-state index in [9.17, 15) is 0 Å². The van der Waals surface area contributed by atoms with Crippen molar-refractivity contribution in [1.82, 2.24) is 0 Å². The third-order valence-electron chi connectivity index (χ3n) is 3.29. The highest BCUT2D eigenvalue weighted by Crippen LogP contribution is 2.47. The number of rotatable bonds is 4. The Hall–Kier alpha value is -0.160. The summed E-state index contributed by atoms with van der Waals surface area (Å²) in [5, 5.41) is 0. The number of ether oxygens (including phenoxy) is 4. The zero-order valence-corrected chi connectivity index (χ0v) is 11.6. The number of fused-ring (bicyclic) bond motifs is 2. The minimum atomic E-state index is -0.734. The third-order valence-corrected chi connectivity index (χ3v) is 3.29. The molecule has 0 spiro atoms. The molecular formula is C13H24O4. The van der Waals surface area contributed by atoms with Crippen LogP contribution in [0.4, 0.5) is 0 Å². The molecule has 0 amide bonds. The Morgan fingerprint density at radius 1 is 1.06 bits per heavy atom. The van der Waals surface area contributed by atoms with E-state index in [1.807, 2.05) is 41.5 Å². The van der Waals surface area contributed by atoms with Crippen molar-refractivity contribution < 1.29 is 18.9 Å². The molecule has 1 unspecified atom stereocenters. The Balaban J connectivity index is 2.23. The summed E-state index contributed by atoms with van der Waals surface area (Å²) in [4.78, 5) is 0. The van der Waals surface area contributed by atoms with Gasteiger partial charge in [-0.1, -0.05) is 0 Å². The molecule has 0 aliphatic carbocycles. The van der Waals surface area contributed by atoms with Crippen LogP contribution < -0.4 is 0 Å². The SMILES string of the molecule is CC(C)O[C@H]1[C@H]2OC(C)[C@]1(OC(C)C)O[C@H]2C. The van der Waals surface area contributed by atoms with E-state index in [2.05, 4.69) is 0 Å². The fraction of sp³-hybridized carbons (Fsp3) is 1.00. The quantitative estimate of drug-likeness (QED) is 0.759. The molecule has 0 aromatic heterocycles. The van der Waals surface area contributed by atoms with Crippen LogP contribution in [0.2, 0.25) is 0 Å². The maximum atomic E-state index is 6.01. The van der Waals surface area contributed by atoms with Crippen molar-refractivity contribution >= 4 is 0 Å². The van der Waals surface area contributed by atoms with Crippen LogP contribution in [0.25, 0.3) is 0 Å². The van der Waals surface area contributed by atoms with E-state index in [-0.39, 0.29) is 36.6 Å². The van der Waals surface area contributed by atoms with Gasteiger partial charge < -0.3 is 18.9 Å². The second-order valence-corrected chi connectivity index (χ2v) is 5.56. The van der Waals surface area contributed by atoms with E-state index in [4.69, 9.17) is 18.9 Å². The molecule has 2 aliphatic heterocycles. The molecule has 0 aromatic carbocycles. The van der Waals surface area contributed by atoms with Gasteiger partial charge in [0.1, 0.15) is 18.3 Å².